The van der Waals surface area contributed by atoms with Gasteiger partial charge in [0.15, 0.2) is 11.6 Å². The highest BCUT2D eigenvalue weighted by Crippen LogP contribution is 2.25. The molecule has 5 nitrogen and oxygen atoms in total. The molecule has 0 saturated carbocycles. The number of hydrogen-bond acceptors (Lipinski definition) is 5. The summed E-state index contributed by atoms with van der Waals surface area (Å²) >= 11 is 0. The predicted octanol–water partition coefficient (Wildman–Crippen LogP) is 11.5. The van der Waals surface area contributed by atoms with Crippen molar-refractivity contribution in [2.75, 3.05) is 27.2 Å². The minimum atomic E-state index is -0.922. The number of allylic oxidation sites excluding steroid dienone is 4. The zero-order valence-electron chi connectivity index (χ0n) is 32.8. The van der Waals surface area contributed by atoms with Gasteiger partial charge >= 0.3 is 0 Å². The van der Waals surface area contributed by atoms with Crippen molar-refractivity contribution in [1.82, 2.24) is 10.2 Å². The Morgan fingerprint density at radius 2 is 0.938 bits per heavy atom. The third-order valence-electron chi connectivity index (χ3n) is 10.2. The van der Waals surface area contributed by atoms with Crippen molar-refractivity contribution in [3.8, 4) is 0 Å². The Morgan fingerprint density at radius 3 is 1.31 bits per heavy atom. The normalized spacial score (nSPS) is 14.0. The van der Waals surface area contributed by atoms with Gasteiger partial charge in [-0.25, -0.2) is 0 Å². The molecule has 0 heterocycles. The van der Waals surface area contributed by atoms with E-state index in [1.165, 1.54) is 116 Å². The summed E-state index contributed by atoms with van der Waals surface area (Å²) in [6.07, 6.45) is 42.3. The van der Waals surface area contributed by atoms with Crippen LogP contribution < -0.4 is 5.32 Å². The second kappa shape index (κ2) is 34.2. The molecule has 0 bridgehead atoms. The number of carbonyl (C=O) groups is 2. The van der Waals surface area contributed by atoms with Crippen molar-refractivity contribution in [3.05, 3.63) is 24.3 Å². The molecule has 2 atom stereocenters. The molecule has 0 fully saturated rings. The Balaban J connectivity index is 4.36. The minimum absolute atomic E-state index is 0.0525. The molecule has 0 aliphatic carbocycles. The lowest BCUT2D eigenvalue weighted by Gasteiger charge is -2.41. The number of aliphatic hydroxyl groups excluding tert-OH is 1. The van der Waals surface area contributed by atoms with Crippen LogP contribution in [-0.2, 0) is 9.59 Å². The van der Waals surface area contributed by atoms with Gasteiger partial charge in [-0.15, -0.1) is 0 Å². The van der Waals surface area contributed by atoms with E-state index in [4.69, 9.17) is 0 Å². The van der Waals surface area contributed by atoms with Crippen molar-refractivity contribution in [1.29, 1.82) is 0 Å². The second-order valence-electron chi connectivity index (χ2n) is 14.7. The van der Waals surface area contributed by atoms with Crippen LogP contribution >= 0.6 is 0 Å². The zero-order valence-corrected chi connectivity index (χ0v) is 32.8. The molecule has 0 aromatic heterocycles. The molecule has 0 saturated heterocycles. The van der Waals surface area contributed by atoms with E-state index in [1.807, 2.05) is 25.9 Å². The van der Waals surface area contributed by atoms with Crippen LogP contribution in [0.3, 0.4) is 0 Å². The topological polar surface area (TPSA) is 69.6 Å². The highest BCUT2D eigenvalue weighted by Gasteiger charge is 2.45. The number of Topliss-reactive ketones (excluding diaryl/α,β-unsaturated/α-hetero) is 2. The van der Waals surface area contributed by atoms with E-state index in [1.54, 1.807) is 0 Å². The number of hydrogen-bond donors (Lipinski definition) is 2. The van der Waals surface area contributed by atoms with Gasteiger partial charge in [0.25, 0.3) is 0 Å². The summed E-state index contributed by atoms with van der Waals surface area (Å²) in [6, 6.07) is -0.605. The Kier molecular flexibility index (Phi) is 33.2. The highest BCUT2D eigenvalue weighted by atomic mass is 16.3. The van der Waals surface area contributed by atoms with Gasteiger partial charge in [0.05, 0.1) is 18.2 Å². The van der Waals surface area contributed by atoms with Gasteiger partial charge < -0.3 is 10.4 Å². The molecule has 2 unspecified atom stereocenters. The molecule has 0 radical (unpaired) electrons. The lowest BCUT2D eigenvalue weighted by Crippen LogP contribution is -2.65. The van der Waals surface area contributed by atoms with E-state index < -0.39 is 11.6 Å². The van der Waals surface area contributed by atoms with E-state index in [2.05, 4.69) is 43.5 Å². The van der Waals surface area contributed by atoms with E-state index >= 15 is 0 Å². The molecule has 2 N–H and O–H groups in total. The van der Waals surface area contributed by atoms with Gasteiger partial charge in [0, 0.05) is 19.4 Å². The van der Waals surface area contributed by atoms with Gasteiger partial charge in [-0.1, -0.05) is 141 Å². The summed E-state index contributed by atoms with van der Waals surface area (Å²) in [7, 11) is 3.81. The fraction of sp³-hybridized carbons (Fsp3) is 0.860. The number of ketones is 2. The number of aliphatic hydroxyl groups is 1. The van der Waals surface area contributed by atoms with Crippen LogP contribution in [-0.4, -0.2) is 60.4 Å². The molecule has 0 rings (SSSR count). The van der Waals surface area contributed by atoms with Gasteiger partial charge in [-0.3, -0.25) is 14.5 Å². The maximum absolute atomic E-state index is 13.7. The van der Waals surface area contributed by atoms with Crippen LogP contribution in [0.25, 0.3) is 0 Å². The smallest absolute Gasteiger partial charge is 0.154 e. The third kappa shape index (κ3) is 24.8. The molecule has 0 spiro atoms. The number of carbonyl (C=O) groups excluding carboxylic acids is 2. The molecular formula is C43H82N2O3. The molecule has 0 aliphatic heterocycles. The Morgan fingerprint density at radius 1 is 0.583 bits per heavy atom. The molecule has 0 aromatic carbocycles. The van der Waals surface area contributed by atoms with Crippen molar-refractivity contribution < 1.29 is 14.7 Å². The Hall–Kier alpha value is -1.30. The number of nitrogens with one attached hydrogen (secondary N) is 1. The summed E-state index contributed by atoms with van der Waals surface area (Å²) in [5.74, 6) is 0.216. The number of likely N-dealkylation sites (N-methyl/N-ethyl adjacent to an activating group) is 1. The van der Waals surface area contributed by atoms with Crippen molar-refractivity contribution >= 4 is 11.6 Å². The largest absolute Gasteiger partial charge is 0.395 e. The molecule has 0 aliphatic rings. The van der Waals surface area contributed by atoms with Gasteiger partial charge in [0.2, 0.25) is 0 Å². The maximum atomic E-state index is 13.7. The summed E-state index contributed by atoms with van der Waals surface area (Å²) in [5, 5.41) is 12.8. The van der Waals surface area contributed by atoms with Gasteiger partial charge in [0.1, 0.15) is 0 Å². The van der Waals surface area contributed by atoms with E-state index in [0.717, 1.165) is 51.4 Å². The standard InChI is InChI=1S/C43H82N2O3/c1-6-8-10-12-14-16-18-20-22-24-26-28-30-32-34-36-40(47)42(44-38-39-46)43(3,45(4)5)41(48)37-35-33-31-29-27-25-23-21-19-17-15-13-11-9-7-2/h20-23,42,44,46H,6-19,24-39H2,1-5H3/b22-20-,23-21-. The lowest BCUT2D eigenvalue weighted by atomic mass is 9.80. The average Bonchev–Trinajstić information content (AvgIpc) is 3.07. The Labute approximate surface area is 299 Å². The molecule has 282 valence electrons. The van der Waals surface area contributed by atoms with E-state index in [9.17, 15) is 14.7 Å². The van der Waals surface area contributed by atoms with Gasteiger partial charge in [-0.2, -0.15) is 0 Å². The minimum Gasteiger partial charge on any atom is -0.395 e. The molecule has 5 heteroatoms. The lowest BCUT2D eigenvalue weighted by molar-refractivity contribution is -0.137. The number of rotatable bonds is 37. The molecule has 48 heavy (non-hydrogen) atoms. The first-order chi connectivity index (χ1) is 23.4. The number of nitrogens with zero attached hydrogens (tertiary/aromatic N) is 1. The first-order valence-electron chi connectivity index (χ1n) is 20.7. The molecule has 0 aromatic rings. The fourth-order valence-corrected chi connectivity index (χ4v) is 6.63. The van der Waals surface area contributed by atoms with Crippen molar-refractivity contribution in [2.45, 2.75) is 212 Å². The summed E-state index contributed by atoms with van der Waals surface area (Å²) in [5.41, 5.74) is -0.922. The van der Waals surface area contributed by atoms with E-state index in [-0.39, 0.29) is 18.2 Å². The van der Waals surface area contributed by atoms with Gasteiger partial charge in [-0.05, 0) is 85.2 Å². The monoisotopic (exact) mass is 675 g/mol. The third-order valence-corrected chi connectivity index (χ3v) is 10.2. The van der Waals surface area contributed by atoms with Crippen LogP contribution in [0.1, 0.15) is 201 Å². The first-order valence-corrected chi connectivity index (χ1v) is 20.7. The summed E-state index contributed by atoms with van der Waals surface area (Å²) < 4.78 is 0. The van der Waals surface area contributed by atoms with E-state index in [0.29, 0.717) is 19.4 Å². The van der Waals surface area contributed by atoms with Crippen molar-refractivity contribution in [3.63, 3.8) is 0 Å². The van der Waals surface area contributed by atoms with Crippen LogP contribution in [0.4, 0.5) is 0 Å². The zero-order chi connectivity index (χ0) is 35.6. The quantitative estimate of drug-likeness (QED) is 0.0507. The predicted molar refractivity (Wildman–Crippen MR) is 210 cm³/mol. The summed E-state index contributed by atoms with van der Waals surface area (Å²) in [4.78, 5) is 29.1. The average molecular weight is 675 g/mol. The number of unbranched alkanes of at least 4 members (excludes halogenated alkanes) is 22. The SMILES string of the molecule is CCCCCCCC/C=C\CCCCCCCC(=O)C(NCCO)C(C)(C(=O)CCCCCCC/C=C\CCCCCCCC)N(C)C. The Bertz CT molecular complexity index is 793. The molecule has 0 amide bonds. The first kappa shape index (κ1) is 46.7. The maximum Gasteiger partial charge on any atom is 0.154 e. The fourth-order valence-electron chi connectivity index (χ4n) is 6.63. The molecular weight excluding hydrogens is 592 g/mol. The van der Waals surface area contributed by atoms with Crippen LogP contribution in [0.2, 0.25) is 0 Å². The second-order valence-corrected chi connectivity index (χ2v) is 14.7. The van der Waals surface area contributed by atoms with Crippen LogP contribution in [0.5, 0.6) is 0 Å². The van der Waals surface area contributed by atoms with Crippen LogP contribution in [0, 0.1) is 0 Å². The van der Waals surface area contributed by atoms with Crippen LogP contribution in [0.15, 0.2) is 24.3 Å². The van der Waals surface area contributed by atoms with Crippen molar-refractivity contribution in [2.24, 2.45) is 0 Å². The summed E-state index contributed by atoms with van der Waals surface area (Å²) in [6.45, 7) is 6.71. The highest BCUT2D eigenvalue weighted by molar-refractivity contribution is 5.97.